The van der Waals surface area contributed by atoms with Gasteiger partial charge in [0.25, 0.3) is 11.5 Å². The van der Waals surface area contributed by atoms with Crippen LogP contribution in [0.5, 0.6) is 5.75 Å². The molecule has 2 amide bonds. The number of likely N-dealkylation sites (N-methyl/N-ethyl adjacent to an activating group) is 1. The van der Waals surface area contributed by atoms with Crippen LogP contribution in [0, 0.1) is 5.82 Å². The van der Waals surface area contributed by atoms with Crippen LogP contribution in [0.4, 0.5) is 9.18 Å². The number of nitrogens with two attached hydrogens (primary N) is 1. The minimum Gasteiger partial charge on any atom is -0.505 e. The molecule has 0 aliphatic rings. The summed E-state index contributed by atoms with van der Waals surface area (Å²) < 4.78 is 14.4. The van der Waals surface area contributed by atoms with Crippen molar-refractivity contribution < 1.29 is 34.4 Å². The van der Waals surface area contributed by atoms with E-state index in [0.29, 0.717) is 18.5 Å². The van der Waals surface area contributed by atoms with Gasteiger partial charge >= 0.3 is 6.09 Å². The van der Waals surface area contributed by atoms with Crippen molar-refractivity contribution in [3.8, 4) is 5.75 Å². The van der Waals surface area contributed by atoms with E-state index in [-0.39, 0.29) is 49.7 Å². The van der Waals surface area contributed by atoms with E-state index in [1.165, 1.54) is 29.9 Å². The zero-order valence-electron chi connectivity index (χ0n) is 20.2. The average Bonchev–Trinajstić information content (AvgIpc) is 2.88. The summed E-state index contributed by atoms with van der Waals surface area (Å²) in [5.41, 5.74) is 5.06. The van der Waals surface area contributed by atoms with E-state index in [9.17, 15) is 23.9 Å². The summed E-state index contributed by atoms with van der Waals surface area (Å²) in [6.07, 6.45) is 0.646. The third-order valence-corrected chi connectivity index (χ3v) is 5.20. The predicted molar refractivity (Wildman–Crippen MR) is 133 cm³/mol. The number of nitrogens with zero attached hydrogens (tertiary/aromatic N) is 3. The average molecular weight is 520 g/mol. The standard InChI is InChI=1S/C22H23FN4O6.C2H7NO/c1-26(22(32)33)7-8-27-16-11-14(10-13-2-4-15(23)5-3-13)12-25-18(16)19(29)17(21(27)31)20(30)24-6-9-28;3-1-2-4/h2-5,11-12,28-29H,6-10H2,1H3,(H,24,30)(H,32,33);4H,1-3H2. The van der Waals surface area contributed by atoms with Crippen LogP contribution in [0.25, 0.3) is 11.0 Å². The Hall–Kier alpha value is -4.07. The number of amides is 2. The lowest BCUT2D eigenvalue weighted by Gasteiger charge is -2.18. The molecule has 0 unspecified atom stereocenters. The fourth-order valence-electron chi connectivity index (χ4n) is 3.31. The van der Waals surface area contributed by atoms with Gasteiger partial charge in [-0.15, -0.1) is 0 Å². The molecule has 37 heavy (non-hydrogen) atoms. The van der Waals surface area contributed by atoms with Crippen molar-refractivity contribution in [1.29, 1.82) is 0 Å². The van der Waals surface area contributed by atoms with Crippen LogP contribution in [0.15, 0.2) is 41.3 Å². The number of aromatic nitrogens is 2. The van der Waals surface area contributed by atoms with E-state index in [2.05, 4.69) is 10.3 Å². The number of benzene rings is 1. The molecule has 2 heterocycles. The molecule has 12 nitrogen and oxygen atoms in total. The highest BCUT2D eigenvalue weighted by atomic mass is 19.1. The van der Waals surface area contributed by atoms with Gasteiger partial charge in [-0.05, 0) is 35.7 Å². The van der Waals surface area contributed by atoms with Gasteiger partial charge < -0.3 is 40.9 Å². The smallest absolute Gasteiger partial charge is 0.407 e. The first-order chi connectivity index (χ1) is 17.6. The number of carboxylic acid groups (broad SMARTS) is 1. The molecule has 0 saturated carbocycles. The summed E-state index contributed by atoms with van der Waals surface area (Å²) in [5, 5.41) is 38.8. The highest BCUT2D eigenvalue weighted by Gasteiger charge is 2.23. The number of aliphatic hydroxyl groups excluding tert-OH is 2. The summed E-state index contributed by atoms with van der Waals surface area (Å²) in [6, 6.07) is 7.49. The summed E-state index contributed by atoms with van der Waals surface area (Å²) in [4.78, 5) is 42.0. The van der Waals surface area contributed by atoms with Gasteiger partial charge in [0.2, 0.25) is 0 Å². The maximum absolute atomic E-state index is 13.2. The number of nitrogens with one attached hydrogen (secondary N) is 1. The van der Waals surface area contributed by atoms with Gasteiger partial charge in [0.05, 0.1) is 18.7 Å². The second-order valence-corrected chi connectivity index (χ2v) is 7.89. The van der Waals surface area contributed by atoms with E-state index in [1.807, 2.05) is 0 Å². The van der Waals surface area contributed by atoms with Gasteiger partial charge in [0.15, 0.2) is 5.75 Å². The number of aromatic hydroxyl groups is 1. The van der Waals surface area contributed by atoms with Crippen molar-refractivity contribution in [2.75, 3.05) is 39.9 Å². The fourth-order valence-corrected chi connectivity index (χ4v) is 3.31. The fraction of sp³-hybridized carbons (Fsp3) is 0.333. The number of hydrogen-bond acceptors (Lipinski definition) is 8. The van der Waals surface area contributed by atoms with E-state index in [4.69, 9.17) is 21.1 Å². The molecule has 200 valence electrons. The van der Waals surface area contributed by atoms with Gasteiger partial charge in [0.1, 0.15) is 16.9 Å². The largest absolute Gasteiger partial charge is 0.505 e. The van der Waals surface area contributed by atoms with Gasteiger partial charge in [-0.1, -0.05) is 12.1 Å². The third kappa shape index (κ3) is 7.70. The molecule has 3 aromatic rings. The molecular formula is C24H30FN5O7. The third-order valence-electron chi connectivity index (χ3n) is 5.20. The SMILES string of the molecule is CN(CCn1c(=O)c(C(=O)NCCO)c(O)c2ncc(Cc3ccc(F)cc3)cc21)C(=O)O.NCCO. The van der Waals surface area contributed by atoms with E-state index >= 15 is 0 Å². The van der Waals surface area contributed by atoms with Crippen molar-refractivity contribution >= 4 is 23.0 Å². The normalized spacial score (nSPS) is 10.5. The molecule has 0 aliphatic carbocycles. The quantitative estimate of drug-likeness (QED) is 0.228. The Morgan fingerprint density at radius 2 is 1.81 bits per heavy atom. The van der Waals surface area contributed by atoms with E-state index in [0.717, 1.165) is 10.5 Å². The zero-order chi connectivity index (χ0) is 27.5. The number of carbonyl (C=O) groups excluding carboxylic acids is 1. The molecule has 0 spiro atoms. The van der Waals surface area contributed by atoms with Crippen molar-refractivity contribution in [3.05, 3.63) is 69.4 Å². The molecule has 7 N–H and O–H groups in total. The topological polar surface area (TPSA) is 191 Å². The monoisotopic (exact) mass is 519 g/mol. The van der Waals surface area contributed by atoms with Crippen LogP contribution in [-0.4, -0.2) is 86.8 Å². The number of halogens is 1. The van der Waals surface area contributed by atoms with Crippen molar-refractivity contribution in [2.45, 2.75) is 13.0 Å². The zero-order valence-corrected chi connectivity index (χ0v) is 20.2. The lowest BCUT2D eigenvalue weighted by atomic mass is 10.1. The first-order valence-electron chi connectivity index (χ1n) is 11.3. The summed E-state index contributed by atoms with van der Waals surface area (Å²) in [5.74, 6) is -1.86. The second-order valence-electron chi connectivity index (χ2n) is 7.89. The maximum atomic E-state index is 13.2. The number of rotatable bonds is 9. The Morgan fingerprint density at radius 3 is 2.38 bits per heavy atom. The number of fused-ring (bicyclic) bond motifs is 1. The highest BCUT2D eigenvalue weighted by Crippen LogP contribution is 2.26. The molecule has 0 saturated heterocycles. The molecular weight excluding hydrogens is 489 g/mol. The number of aliphatic hydroxyl groups is 2. The predicted octanol–water partition coefficient (Wildman–Crippen LogP) is 0.101. The maximum Gasteiger partial charge on any atom is 0.407 e. The Balaban J connectivity index is 0.00000112. The minimum atomic E-state index is -1.19. The molecule has 0 bridgehead atoms. The molecule has 1 aromatic carbocycles. The van der Waals surface area contributed by atoms with Crippen LogP contribution < -0.4 is 16.6 Å². The van der Waals surface area contributed by atoms with Crippen molar-refractivity contribution in [2.24, 2.45) is 5.73 Å². The summed E-state index contributed by atoms with van der Waals surface area (Å²) in [7, 11) is 1.34. The Morgan fingerprint density at radius 1 is 1.16 bits per heavy atom. The molecule has 13 heteroatoms. The van der Waals surface area contributed by atoms with E-state index in [1.54, 1.807) is 18.2 Å². The summed E-state index contributed by atoms with van der Waals surface area (Å²) in [6.45, 7) is -0.167. The van der Waals surface area contributed by atoms with E-state index < -0.39 is 28.9 Å². The Labute approximate surface area is 211 Å². The van der Waals surface area contributed by atoms with Crippen molar-refractivity contribution in [1.82, 2.24) is 19.8 Å². The number of carbonyl (C=O) groups is 2. The lowest BCUT2D eigenvalue weighted by molar-refractivity contribution is 0.0939. The van der Waals surface area contributed by atoms with Gasteiger partial charge in [-0.3, -0.25) is 14.6 Å². The summed E-state index contributed by atoms with van der Waals surface area (Å²) >= 11 is 0. The Kier molecular flexibility index (Phi) is 10.9. The van der Waals surface area contributed by atoms with Crippen LogP contribution >= 0.6 is 0 Å². The molecule has 2 aromatic heterocycles. The van der Waals surface area contributed by atoms with Crippen LogP contribution in [0.1, 0.15) is 21.5 Å². The molecule has 3 rings (SSSR count). The van der Waals surface area contributed by atoms with Gasteiger partial charge in [-0.25, -0.2) is 9.18 Å². The van der Waals surface area contributed by atoms with Crippen LogP contribution in [0.2, 0.25) is 0 Å². The number of pyridine rings is 2. The molecule has 0 aliphatic heterocycles. The molecule has 0 atom stereocenters. The Bertz CT molecular complexity index is 1280. The van der Waals surface area contributed by atoms with Crippen LogP contribution in [0.3, 0.4) is 0 Å². The lowest BCUT2D eigenvalue weighted by Crippen LogP contribution is -2.37. The molecule has 0 fully saturated rings. The first-order valence-corrected chi connectivity index (χ1v) is 11.3. The van der Waals surface area contributed by atoms with Crippen molar-refractivity contribution in [3.63, 3.8) is 0 Å². The van der Waals surface area contributed by atoms with Gasteiger partial charge in [-0.2, -0.15) is 0 Å². The highest BCUT2D eigenvalue weighted by molar-refractivity contribution is 6.01. The van der Waals surface area contributed by atoms with Gasteiger partial charge in [0, 0.05) is 39.4 Å². The second kappa shape index (κ2) is 13.9. The van der Waals surface area contributed by atoms with Crippen LogP contribution in [-0.2, 0) is 13.0 Å². The minimum absolute atomic E-state index is 0.00965. The number of hydrogen-bond donors (Lipinski definition) is 6. The molecule has 0 radical (unpaired) electrons. The first kappa shape index (κ1) is 29.2.